The summed E-state index contributed by atoms with van der Waals surface area (Å²) in [5.41, 5.74) is 0. The molecule has 174 valence electrons. The van der Waals surface area contributed by atoms with Crippen molar-refractivity contribution in [1.82, 2.24) is 0 Å². The number of rotatable bonds is 25. The predicted molar refractivity (Wildman–Crippen MR) is 139 cm³/mol. The molecule has 1 heteroatoms. The summed E-state index contributed by atoms with van der Waals surface area (Å²) in [4.78, 5) is 0. The Morgan fingerprint density at radius 2 is 0.483 bits per heavy atom. The molecule has 0 radical (unpaired) electrons. The zero-order valence-corrected chi connectivity index (χ0v) is 22.4. The van der Waals surface area contributed by atoms with Crippen LogP contribution >= 0.6 is 0 Å². The Bertz CT molecular complexity index is 255. The van der Waals surface area contributed by atoms with Crippen molar-refractivity contribution < 1.29 is 0 Å². The van der Waals surface area contributed by atoms with Crippen molar-refractivity contribution in [3.63, 3.8) is 0 Å². The molecule has 0 atom stereocenters. The van der Waals surface area contributed by atoms with Crippen LogP contribution in [-0.2, 0) is 0 Å². The van der Waals surface area contributed by atoms with Gasteiger partial charge in [0.25, 0.3) is 14.1 Å². The Morgan fingerprint density at radius 3 is 0.724 bits per heavy atom. The van der Waals surface area contributed by atoms with Crippen LogP contribution in [0.1, 0.15) is 162 Å². The molecule has 29 heavy (non-hydrogen) atoms. The van der Waals surface area contributed by atoms with E-state index in [1.165, 1.54) is 122 Å². The fourth-order valence-corrected chi connectivity index (χ4v) is 8.24. The van der Waals surface area contributed by atoms with Crippen LogP contribution in [0.3, 0.4) is 0 Å². The molecule has 0 saturated carbocycles. The summed E-state index contributed by atoms with van der Waals surface area (Å²) in [5, 5.41) is 5.00. The van der Waals surface area contributed by atoms with E-state index >= 15 is 0 Å². The number of hydrogen-bond acceptors (Lipinski definition) is 0. The third-order valence-corrected chi connectivity index (χ3v) is 10.6. The first-order valence-corrected chi connectivity index (χ1v) is 16.8. The molecule has 0 rings (SSSR count). The summed E-state index contributed by atoms with van der Waals surface area (Å²) in [6.07, 6.45) is 32.7. The summed E-state index contributed by atoms with van der Waals surface area (Å²) >= 11 is -0.433. The van der Waals surface area contributed by atoms with Gasteiger partial charge in [-0.1, -0.05) is 178 Å². The molecule has 0 aliphatic rings. The topological polar surface area (TPSA) is 0 Å². The highest BCUT2D eigenvalue weighted by atomic mass is 27.2. The van der Waals surface area contributed by atoms with Crippen LogP contribution in [0.5, 0.6) is 0 Å². The van der Waals surface area contributed by atoms with Gasteiger partial charge < -0.3 is 0 Å². The quantitative estimate of drug-likeness (QED) is 0.101. The van der Waals surface area contributed by atoms with Crippen LogP contribution in [0.4, 0.5) is 0 Å². The van der Waals surface area contributed by atoms with Crippen molar-refractivity contribution in [2.45, 2.75) is 178 Å². The van der Waals surface area contributed by atoms with E-state index in [0.29, 0.717) is 0 Å². The summed E-state index contributed by atoms with van der Waals surface area (Å²) in [6, 6.07) is 0. The van der Waals surface area contributed by atoms with E-state index in [9.17, 15) is 0 Å². The molecule has 0 aromatic carbocycles. The Kier molecular flexibility index (Phi) is 27.1. The molecule has 0 spiro atoms. The number of unbranched alkanes of at least 4 members (excludes halogenated alkanes) is 19. The van der Waals surface area contributed by atoms with Crippen LogP contribution in [0.15, 0.2) is 0 Å². The molecule has 0 aliphatic carbocycles. The molecule has 0 bridgehead atoms. The van der Waals surface area contributed by atoms with Crippen LogP contribution in [0.25, 0.3) is 0 Å². The molecule has 0 amide bonds. The summed E-state index contributed by atoms with van der Waals surface area (Å²) < 4.78 is 0. The smallest absolute Gasteiger partial charge is 0.0939 e. The van der Waals surface area contributed by atoms with Crippen molar-refractivity contribution >= 4 is 14.1 Å². The van der Waals surface area contributed by atoms with E-state index in [0.717, 1.165) is 0 Å². The van der Waals surface area contributed by atoms with E-state index in [1.807, 2.05) is 0 Å². The van der Waals surface area contributed by atoms with Gasteiger partial charge in [-0.15, -0.1) is 0 Å². The predicted octanol–water partition coefficient (Wildman–Crippen LogP) is 11.1. The van der Waals surface area contributed by atoms with Gasteiger partial charge in [0.05, 0.1) is 0 Å². The lowest BCUT2D eigenvalue weighted by Gasteiger charge is -2.12. The normalized spacial score (nSPS) is 11.3. The highest BCUT2D eigenvalue weighted by Crippen LogP contribution is 2.20. The zero-order chi connectivity index (χ0) is 21.3. The van der Waals surface area contributed by atoms with E-state index in [-0.39, 0.29) is 0 Å². The van der Waals surface area contributed by atoms with E-state index in [4.69, 9.17) is 0 Å². The van der Waals surface area contributed by atoms with Gasteiger partial charge in [0, 0.05) is 0 Å². The van der Waals surface area contributed by atoms with Gasteiger partial charge >= 0.3 is 0 Å². The molecular weight excluding hydrogens is 363 g/mol. The Morgan fingerprint density at radius 1 is 0.276 bits per heavy atom. The van der Waals surface area contributed by atoms with Gasteiger partial charge in [-0.3, -0.25) is 0 Å². The van der Waals surface area contributed by atoms with E-state index in [1.54, 1.807) is 35.1 Å². The van der Waals surface area contributed by atoms with E-state index < -0.39 is 14.1 Å². The lowest BCUT2D eigenvalue weighted by atomic mass is 10.1. The van der Waals surface area contributed by atoms with Gasteiger partial charge in [-0.25, -0.2) is 0 Å². The van der Waals surface area contributed by atoms with Gasteiger partial charge in [0.2, 0.25) is 0 Å². The van der Waals surface area contributed by atoms with Crippen LogP contribution < -0.4 is 0 Å². The van der Waals surface area contributed by atoms with Crippen molar-refractivity contribution in [3.05, 3.63) is 0 Å². The minimum atomic E-state index is -0.433. The largest absolute Gasteiger partial charge is 0.261 e. The molecule has 0 N–H and O–H groups in total. The minimum Gasteiger partial charge on any atom is -0.0939 e. The fraction of sp³-hybridized carbons (Fsp3) is 1.00. The van der Waals surface area contributed by atoms with Crippen LogP contribution in [0.2, 0.25) is 15.8 Å². The maximum absolute atomic E-state index is 2.33. The molecule has 0 nitrogen and oxygen atoms in total. The second kappa shape index (κ2) is 26.6. The maximum atomic E-state index is 2.33. The second-order valence-electron chi connectivity index (χ2n) is 9.95. The minimum absolute atomic E-state index is 0.433. The fourth-order valence-electron chi connectivity index (χ4n) is 4.78. The maximum Gasteiger partial charge on any atom is 0.261 e. The summed E-state index contributed by atoms with van der Waals surface area (Å²) in [6.45, 7) is 6.97. The third kappa shape index (κ3) is 24.7. The van der Waals surface area contributed by atoms with Crippen LogP contribution in [-0.4, -0.2) is 14.1 Å². The zero-order valence-electron chi connectivity index (χ0n) is 21.3. The SMILES string of the molecule is CCCCCCCCC[CH2][Al]([CH2]CCCCCCC)[CH2]CCCCCCCCC. The lowest BCUT2D eigenvalue weighted by Crippen LogP contribution is -2.12. The van der Waals surface area contributed by atoms with Crippen molar-refractivity contribution in [1.29, 1.82) is 0 Å². The Hall–Kier alpha value is 0.532. The van der Waals surface area contributed by atoms with E-state index in [2.05, 4.69) is 20.8 Å². The molecule has 0 heterocycles. The molecule has 0 aromatic heterocycles. The summed E-state index contributed by atoms with van der Waals surface area (Å²) in [5.74, 6) is 0. The first-order chi connectivity index (χ1) is 14.3. The van der Waals surface area contributed by atoms with Crippen molar-refractivity contribution in [2.75, 3.05) is 0 Å². The lowest BCUT2D eigenvalue weighted by molar-refractivity contribution is 0.579. The average Bonchev–Trinajstić information content (AvgIpc) is 2.73. The van der Waals surface area contributed by atoms with Gasteiger partial charge in [-0.05, 0) is 0 Å². The molecule has 0 aliphatic heterocycles. The van der Waals surface area contributed by atoms with Gasteiger partial charge in [0.15, 0.2) is 0 Å². The summed E-state index contributed by atoms with van der Waals surface area (Å²) in [7, 11) is 0. The first kappa shape index (κ1) is 29.5. The van der Waals surface area contributed by atoms with Crippen LogP contribution in [0, 0.1) is 0 Å². The molecular formula is C28H59Al. The third-order valence-electron chi connectivity index (χ3n) is 6.90. The second-order valence-corrected chi connectivity index (χ2v) is 13.4. The van der Waals surface area contributed by atoms with Crippen molar-refractivity contribution in [3.8, 4) is 0 Å². The van der Waals surface area contributed by atoms with Crippen molar-refractivity contribution in [2.24, 2.45) is 0 Å². The van der Waals surface area contributed by atoms with Gasteiger partial charge in [0.1, 0.15) is 0 Å². The Labute approximate surface area is 191 Å². The molecule has 0 aromatic rings. The highest BCUT2D eigenvalue weighted by Gasteiger charge is 2.15. The molecule has 0 unspecified atom stereocenters. The first-order valence-electron chi connectivity index (χ1n) is 14.3. The molecule has 0 saturated heterocycles. The Balaban J connectivity index is 3.79. The standard InChI is InChI=1S/2C10H21.C8H17.Al/c2*1-3-5-7-9-10-8-6-4-2;1-3-5-7-8-6-4-2;/h2*1,3-10H2,2H3;1,3-8H2,2H3;. The average molecular weight is 423 g/mol. The number of hydrogen-bond donors (Lipinski definition) is 0. The monoisotopic (exact) mass is 422 g/mol. The van der Waals surface area contributed by atoms with Gasteiger partial charge in [-0.2, -0.15) is 0 Å². The highest BCUT2D eigenvalue weighted by molar-refractivity contribution is 6.58. The molecule has 0 fully saturated rings.